The molecule has 1 fully saturated rings. The van der Waals surface area contributed by atoms with Crippen LogP contribution in [0.2, 0.25) is 0 Å². The largest absolute Gasteiger partial charge is 0.493 e. The van der Waals surface area contributed by atoms with Gasteiger partial charge in [0.1, 0.15) is 0 Å². The average molecular weight is 620 g/mol. The lowest BCUT2D eigenvalue weighted by molar-refractivity contribution is -0.151. The molecular formula is C33H37N3O7S. The number of nitrogens with zero attached hydrogens (tertiary/aromatic N) is 3. The molecule has 3 heterocycles. The van der Waals surface area contributed by atoms with Crippen molar-refractivity contribution in [3.8, 4) is 11.5 Å². The first-order chi connectivity index (χ1) is 21.4. The molecule has 0 spiro atoms. The summed E-state index contributed by atoms with van der Waals surface area (Å²) in [6, 6.07) is 14.4. The number of rotatable bonds is 10. The maximum Gasteiger partial charge on any atom is 0.338 e. The number of hydrogen-bond donors (Lipinski definition) is 0. The Bertz CT molecular complexity index is 1500. The van der Waals surface area contributed by atoms with Gasteiger partial charge in [0.05, 0.1) is 57.1 Å². The van der Waals surface area contributed by atoms with Crippen LogP contribution in [0.4, 0.5) is 0 Å². The second kappa shape index (κ2) is 14.0. The van der Waals surface area contributed by atoms with Crippen LogP contribution >= 0.6 is 11.8 Å². The summed E-state index contributed by atoms with van der Waals surface area (Å²) < 4.78 is 21.9. The average Bonchev–Trinajstić information content (AvgIpc) is 3.46. The van der Waals surface area contributed by atoms with E-state index in [0.29, 0.717) is 59.8 Å². The monoisotopic (exact) mass is 619 g/mol. The second-order valence-electron chi connectivity index (χ2n) is 10.5. The highest BCUT2D eigenvalue weighted by Crippen LogP contribution is 2.48. The molecule has 1 amide bonds. The van der Waals surface area contributed by atoms with Gasteiger partial charge in [-0.15, -0.1) is 0 Å². The van der Waals surface area contributed by atoms with E-state index in [2.05, 4.69) is 0 Å². The normalized spacial score (nSPS) is 19.5. The Hall–Kier alpha value is -4.25. The number of aliphatic imine (C=N–C) groups is 1. The zero-order chi connectivity index (χ0) is 31.2. The molecule has 0 saturated carbocycles. The van der Waals surface area contributed by atoms with Gasteiger partial charge in [0, 0.05) is 24.4 Å². The highest BCUT2D eigenvalue weighted by atomic mass is 32.2. The summed E-state index contributed by atoms with van der Waals surface area (Å²) >= 11 is 1.40. The van der Waals surface area contributed by atoms with Gasteiger partial charge in [-0.3, -0.25) is 9.59 Å². The Labute approximate surface area is 261 Å². The van der Waals surface area contributed by atoms with Gasteiger partial charge in [-0.1, -0.05) is 48.2 Å². The number of ether oxygens (including phenoxy) is 4. The molecule has 0 unspecified atom stereocenters. The Morgan fingerprint density at radius 1 is 0.977 bits per heavy atom. The van der Waals surface area contributed by atoms with Crippen LogP contribution in [0.25, 0.3) is 5.70 Å². The molecule has 0 radical (unpaired) electrons. The van der Waals surface area contributed by atoms with Crippen molar-refractivity contribution in [2.24, 2.45) is 10.9 Å². The van der Waals surface area contributed by atoms with Gasteiger partial charge in [-0.2, -0.15) is 0 Å². The topological polar surface area (TPSA) is 107 Å². The third-order valence-corrected chi connectivity index (χ3v) is 8.69. The van der Waals surface area contributed by atoms with Crippen LogP contribution in [0.1, 0.15) is 50.3 Å². The van der Waals surface area contributed by atoms with Crippen molar-refractivity contribution in [3.63, 3.8) is 0 Å². The van der Waals surface area contributed by atoms with Crippen molar-refractivity contribution in [2.45, 2.75) is 39.2 Å². The summed E-state index contributed by atoms with van der Waals surface area (Å²) in [5.74, 6) is -0.145. The number of amides is 1. The lowest BCUT2D eigenvalue weighted by atomic mass is 9.91. The molecule has 0 aromatic heterocycles. The predicted octanol–water partition coefficient (Wildman–Crippen LogP) is 5.17. The van der Waals surface area contributed by atoms with E-state index >= 15 is 0 Å². The number of esters is 2. The standard InChI is InChI=1S/C33H37N3O7S/c1-5-42-31(38)23-13-10-16-35(19-23)27(37)18-24-20-44-33-34-29(21-11-8-7-9-12-21)28(32(39)43-6-2)30(36(24)33)22-14-15-25(40-3)26(17-22)41-4/h7-9,11-12,14-15,17,20,23,30H,5-6,10,13,16,18-19H2,1-4H3/t23-,30+/m1/s1. The highest BCUT2D eigenvalue weighted by Gasteiger charge is 2.43. The van der Waals surface area contributed by atoms with Crippen LogP contribution in [0.5, 0.6) is 11.5 Å². The van der Waals surface area contributed by atoms with E-state index in [-0.39, 0.29) is 30.8 Å². The number of methoxy groups -OCH3 is 2. The predicted molar refractivity (Wildman–Crippen MR) is 168 cm³/mol. The molecule has 2 aromatic rings. The van der Waals surface area contributed by atoms with Crippen LogP contribution in [0.3, 0.4) is 0 Å². The number of benzene rings is 2. The molecule has 232 valence electrons. The minimum atomic E-state index is -0.667. The van der Waals surface area contributed by atoms with Crippen LogP contribution in [0.15, 0.2) is 70.2 Å². The minimum absolute atomic E-state index is 0.0716. The molecule has 3 aliphatic rings. The SMILES string of the molecule is CCOC(=O)C1=C(c2ccccc2)N=C2SC=C(CC(=O)N3CCC[C@@H](C(=O)OCC)C3)N2[C@H]1c1ccc(OC)c(OC)c1. The van der Waals surface area contributed by atoms with Crippen molar-refractivity contribution in [3.05, 3.63) is 76.3 Å². The molecule has 0 N–H and O–H groups in total. The molecule has 2 aromatic carbocycles. The second-order valence-corrected chi connectivity index (χ2v) is 11.3. The molecule has 0 bridgehead atoms. The molecule has 3 aliphatic heterocycles. The quantitative estimate of drug-likeness (QED) is 0.333. The lowest BCUT2D eigenvalue weighted by Gasteiger charge is -2.38. The van der Waals surface area contributed by atoms with Gasteiger partial charge in [0.15, 0.2) is 16.7 Å². The molecule has 1 saturated heterocycles. The third-order valence-electron chi connectivity index (χ3n) is 7.80. The lowest BCUT2D eigenvalue weighted by Crippen LogP contribution is -2.44. The number of hydrogen-bond acceptors (Lipinski definition) is 10. The molecule has 44 heavy (non-hydrogen) atoms. The van der Waals surface area contributed by atoms with Crippen LogP contribution in [-0.4, -0.2) is 73.3 Å². The van der Waals surface area contributed by atoms with E-state index in [0.717, 1.165) is 17.5 Å². The third kappa shape index (κ3) is 6.33. The van der Waals surface area contributed by atoms with Gasteiger partial charge >= 0.3 is 11.9 Å². The van der Waals surface area contributed by atoms with Gasteiger partial charge in [0.25, 0.3) is 0 Å². The van der Waals surface area contributed by atoms with Crippen LogP contribution in [0, 0.1) is 5.92 Å². The maximum absolute atomic E-state index is 13.8. The number of thioether (sulfide) groups is 1. The van der Waals surface area contributed by atoms with Crippen molar-refractivity contribution in [1.82, 2.24) is 9.80 Å². The summed E-state index contributed by atoms with van der Waals surface area (Å²) in [4.78, 5) is 48.6. The van der Waals surface area contributed by atoms with E-state index in [9.17, 15) is 14.4 Å². The van der Waals surface area contributed by atoms with Crippen molar-refractivity contribution in [1.29, 1.82) is 0 Å². The number of amidine groups is 1. The molecule has 11 heteroatoms. The molecule has 10 nitrogen and oxygen atoms in total. The first kappa shape index (κ1) is 31.2. The zero-order valence-corrected chi connectivity index (χ0v) is 26.2. The molecule has 2 atom stereocenters. The molecular weight excluding hydrogens is 582 g/mol. The fourth-order valence-corrected chi connectivity index (χ4v) is 6.67. The van der Waals surface area contributed by atoms with E-state index < -0.39 is 12.0 Å². The van der Waals surface area contributed by atoms with Crippen molar-refractivity contribution >= 4 is 40.5 Å². The highest BCUT2D eigenvalue weighted by molar-refractivity contribution is 8.16. The smallest absolute Gasteiger partial charge is 0.338 e. The van der Waals surface area contributed by atoms with Crippen molar-refractivity contribution in [2.75, 3.05) is 40.5 Å². The Morgan fingerprint density at radius 3 is 2.43 bits per heavy atom. The first-order valence-corrected chi connectivity index (χ1v) is 15.6. The van der Waals surface area contributed by atoms with Crippen LogP contribution < -0.4 is 9.47 Å². The fourth-order valence-electron chi connectivity index (χ4n) is 5.75. The van der Waals surface area contributed by atoms with E-state index in [1.165, 1.54) is 11.8 Å². The summed E-state index contributed by atoms with van der Waals surface area (Å²) in [5, 5.41) is 2.55. The van der Waals surface area contributed by atoms with E-state index in [1.807, 2.05) is 52.8 Å². The number of carbonyl (C=O) groups excluding carboxylic acids is 3. The minimum Gasteiger partial charge on any atom is -0.493 e. The zero-order valence-electron chi connectivity index (χ0n) is 25.4. The van der Waals surface area contributed by atoms with Gasteiger partial charge in [0.2, 0.25) is 5.91 Å². The number of likely N-dealkylation sites (tertiary alicyclic amines) is 1. The Balaban J connectivity index is 1.55. The Morgan fingerprint density at radius 2 is 1.73 bits per heavy atom. The van der Waals surface area contributed by atoms with E-state index in [1.54, 1.807) is 39.0 Å². The summed E-state index contributed by atoms with van der Waals surface area (Å²) in [5.41, 5.74) is 3.09. The molecule has 0 aliphatic carbocycles. The first-order valence-electron chi connectivity index (χ1n) is 14.8. The maximum atomic E-state index is 13.8. The fraction of sp³-hybridized carbons (Fsp3) is 0.394. The van der Waals surface area contributed by atoms with Crippen molar-refractivity contribution < 1.29 is 33.3 Å². The van der Waals surface area contributed by atoms with Gasteiger partial charge < -0.3 is 28.7 Å². The summed E-state index contributed by atoms with van der Waals surface area (Å²) in [6.45, 7) is 4.94. The van der Waals surface area contributed by atoms with E-state index in [4.69, 9.17) is 23.9 Å². The number of piperidine rings is 1. The molecule has 5 rings (SSSR count). The number of fused-ring (bicyclic) bond motifs is 1. The van der Waals surface area contributed by atoms with Gasteiger partial charge in [-0.25, -0.2) is 9.79 Å². The van der Waals surface area contributed by atoms with Crippen LogP contribution in [-0.2, 0) is 23.9 Å². The number of carbonyl (C=O) groups is 3. The summed E-state index contributed by atoms with van der Waals surface area (Å²) in [7, 11) is 3.13. The van der Waals surface area contributed by atoms with Gasteiger partial charge in [-0.05, 0) is 49.8 Å². The summed E-state index contributed by atoms with van der Waals surface area (Å²) in [6.07, 6.45) is 1.49. The Kier molecular flexibility index (Phi) is 9.94.